The maximum Gasteiger partial charge on any atom is 0.345 e. The highest BCUT2D eigenvalue weighted by molar-refractivity contribution is 6.01. The highest BCUT2D eigenvalue weighted by atomic mass is 19.3. The van der Waals surface area contributed by atoms with E-state index in [0.29, 0.717) is 61.1 Å². The number of hydrogen-bond acceptors (Lipinski definition) is 5. The van der Waals surface area contributed by atoms with Crippen molar-refractivity contribution in [2.24, 2.45) is 0 Å². The van der Waals surface area contributed by atoms with E-state index in [0.717, 1.165) is 25.7 Å². The molecule has 0 aromatic heterocycles. The number of nitrogens with zero attached hydrogens (tertiary/aromatic N) is 1. The van der Waals surface area contributed by atoms with Crippen LogP contribution in [0.2, 0.25) is 0 Å². The minimum absolute atomic E-state index is 0.0242. The van der Waals surface area contributed by atoms with Gasteiger partial charge in [0, 0.05) is 41.9 Å². The van der Waals surface area contributed by atoms with Gasteiger partial charge in [-0.2, -0.15) is 8.78 Å². The van der Waals surface area contributed by atoms with Crippen LogP contribution >= 0.6 is 0 Å². The van der Waals surface area contributed by atoms with Crippen LogP contribution in [0.15, 0.2) is 24.4 Å². The van der Waals surface area contributed by atoms with E-state index in [2.05, 4.69) is 21.9 Å². The van der Waals surface area contributed by atoms with Crippen molar-refractivity contribution in [2.45, 2.75) is 101 Å². The zero-order chi connectivity index (χ0) is 26.1. The van der Waals surface area contributed by atoms with Gasteiger partial charge in [0.05, 0.1) is 18.8 Å². The molecule has 2 N–H and O–H groups in total. The molecule has 3 atom stereocenters. The second-order valence-electron chi connectivity index (χ2n) is 10.5. The lowest BCUT2D eigenvalue weighted by Gasteiger charge is -2.37. The Morgan fingerprint density at radius 3 is 2.68 bits per heavy atom. The molecule has 1 unspecified atom stereocenters. The number of rotatable bonds is 7. The molecule has 0 spiro atoms. The third-order valence-corrected chi connectivity index (χ3v) is 8.12. The minimum atomic E-state index is -2.74. The van der Waals surface area contributed by atoms with E-state index < -0.39 is 24.6 Å². The summed E-state index contributed by atoms with van der Waals surface area (Å²) in [6.07, 6.45) is 5.20. The van der Waals surface area contributed by atoms with Gasteiger partial charge >= 0.3 is 6.61 Å². The third-order valence-electron chi connectivity index (χ3n) is 8.12. The zero-order valence-electron chi connectivity index (χ0n) is 20.8. The molecule has 2 amide bonds. The van der Waals surface area contributed by atoms with Crippen LogP contribution < -0.4 is 10.6 Å². The molecule has 1 aromatic carbocycles. The molecule has 5 rings (SSSR count). The number of carbonyl (C=O) groups excluding carboxylic acids is 2. The molecule has 0 bridgehead atoms. The molecule has 1 saturated carbocycles. The van der Waals surface area contributed by atoms with Crippen LogP contribution in [0, 0.1) is 5.82 Å². The number of ether oxygens (including phenoxy) is 2. The van der Waals surface area contributed by atoms with Crippen molar-refractivity contribution in [3.63, 3.8) is 0 Å². The van der Waals surface area contributed by atoms with E-state index in [1.54, 1.807) is 12.1 Å². The van der Waals surface area contributed by atoms with Gasteiger partial charge in [-0.3, -0.25) is 9.59 Å². The van der Waals surface area contributed by atoms with Gasteiger partial charge in [-0.15, -0.1) is 0 Å². The summed E-state index contributed by atoms with van der Waals surface area (Å²) in [4.78, 5) is 26.9. The Morgan fingerprint density at radius 2 is 1.95 bits per heavy atom. The zero-order valence-corrected chi connectivity index (χ0v) is 20.8. The monoisotopic (exact) mass is 521 g/mol. The number of halogens is 3. The van der Waals surface area contributed by atoms with Crippen LogP contribution in [-0.2, 0) is 27.2 Å². The molecule has 1 aromatic rings. The highest BCUT2D eigenvalue weighted by Gasteiger charge is 2.40. The van der Waals surface area contributed by atoms with Crippen molar-refractivity contribution in [1.82, 2.24) is 15.5 Å². The van der Waals surface area contributed by atoms with Gasteiger partial charge in [0.2, 0.25) is 5.91 Å². The molecule has 2 saturated heterocycles. The van der Waals surface area contributed by atoms with Gasteiger partial charge in [0.15, 0.2) is 0 Å². The summed E-state index contributed by atoms with van der Waals surface area (Å²) in [7, 11) is 0. The van der Waals surface area contributed by atoms with E-state index in [-0.39, 0.29) is 36.5 Å². The number of allylic oxidation sites excluding steroid dienone is 1. The number of alkyl halides is 2. The average Bonchev–Trinajstić information content (AvgIpc) is 3.20. The Kier molecular flexibility index (Phi) is 7.88. The quantitative estimate of drug-likeness (QED) is 0.571. The first-order valence-corrected chi connectivity index (χ1v) is 13.2. The fraction of sp³-hybridized carbons (Fsp3) is 0.630. The standard InChI is InChI=1S/C27H34F3N3O4/c1-15-4-11-22(25(34)31-15)33-14-20-19(26(33)35)10-5-16(24(20)28)13-23-21(3-2-12-36-23)32-17-6-8-18(9-7-17)37-27(29)30/h5,10,17-18,21-23,27,32H,1-4,6-9,11-14H2,(H,31,34)/t17?,18?,21-,22?,23+/m0/s1. The van der Waals surface area contributed by atoms with Crippen LogP contribution in [0.1, 0.15) is 72.9 Å². The molecular weight excluding hydrogens is 487 g/mol. The Hall–Kier alpha value is -2.43. The summed E-state index contributed by atoms with van der Waals surface area (Å²) in [6.45, 7) is 1.70. The molecule has 10 heteroatoms. The molecule has 3 fully saturated rings. The van der Waals surface area contributed by atoms with Crippen LogP contribution in [0.25, 0.3) is 0 Å². The van der Waals surface area contributed by atoms with Gasteiger partial charge in [-0.1, -0.05) is 12.6 Å². The number of carbonyl (C=O) groups is 2. The number of amides is 2. The number of nitrogens with one attached hydrogen (secondary N) is 2. The summed E-state index contributed by atoms with van der Waals surface area (Å²) in [6, 6.07) is 2.88. The van der Waals surface area contributed by atoms with Gasteiger partial charge in [0.1, 0.15) is 11.9 Å². The SMILES string of the molecule is C=C1CCC(N2Cc3c(ccc(C[C@H]4OCCC[C@@H]4NC4CCC(OC(F)F)CC4)c3F)C2=O)C(=O)N1. The lowest BCUT2D eigenvalue weighted by Crippen LogP contribution is -2.51. The van der Waals surface area contributed by atoms with Crippen molar-refractivity contribution < 1.29 is 32.2 Å². The predicted octanol–water partition coefficient (Wildman–Crippen LogP) is 3.80. The highest BCUT2D eigenvalue weighted by Crippen LogP contribution is 2.33. The smallest absolute Gasteiger partial charge is 0.345 e. The molecule has 7 nitrogen and oxygen atoms in total. The maximum absolute atomic E-state index is 15.7. The second kappa shape index (κ2) is 11.1. The van der Waals surface area contributed by atoms with Gasteiger partial charge in [-0.25, -0.2) is 4.39 Å². The van der Waals surface area contributed by atoms with E-state index in [9.17, 15) is 18.4 Å². The number of piperidine rings is 1. The first-order chi connectivity index (χ1) is 17.8. The Bertz CT molecular complexity index is 1040. The summed E-state index contributed by atoms with van der Waals surface area (Å²) in [5, 5.41) is 6.33. The predicted molar refractivity (Wildman–Crippen MR) is 129 cm³/mol. The summed E-state index contributed by atoms with van der Waals surface area (Å²) >= 11 is 0. The molecule has 1 aliphatic carbocycles. The fourth-order valence-corrected chi connectivity index (χ4v) is 6.15. The van der Waals surface area contributed by atoms with Crippen LogP contribution in [0.3, 0.4) is 0 Å². The summed E-state index contributed by atoms with van der Waals surface area (Å²) < 4.78 is 51.4. The molecule has 4 aliphatic rings. The Balaban J connectivity index is 1.23. The lowest BCUT2D eigenvalue weighted by molar-refractivity contribution is -0.170. The number of hydrogen-bond donors (Lipinski definition) is 2. The average molecular weight is 522 g/mol. The molecular formula is C27H34F3N3O4. The maximum atomic E-state index is 15.7. The van der Waals surface area contributed by atoms with E-state index in [1.807, 2.05) is 0 Å². The van der Waals surface area contributed by atoms with Gasteiger partial charge in [0.25, 0.3) is 5.91 Å². The van der Waals surface area contributed by atoms with Crippen molar-refractivity contribution in [1.29, 1.82) is 0 Å². The van der Waals surface area contributed by atoms with Crippen molar-refractivity contribution in [2.75, 3.05) is 6.61 Å². The molecule has 3 aliphatic heterocycles. The first kappa shape index (κ1) is 26.2. The van der Waals surface area contributed by atoms with Crippen molar-refractivity contribution in [3.05, 3.63) is 46.9 Å². The largest absolute Gasteiger partial charge is 0.376 e. The fourth-order valence-electron chi connectivity index (χ4n) is 6.15. The Morgan fingerprint density at radius 1 is 1.16 bits per heavy atom. The third kappa shape index (κ3) is 5.71. The molecule has 37 heavy (non-hydrogen) atoms. The van der Waals surface area contributed by atoms with Crippen LogP contribution in [0.5, 0.6) is 0 Å². The molecule has 202 valence electrons. The normalized spacial score (nSPS) is 30.5. The van der Waals surface area contributed by atoms with Crippen LogP contribution in [-0.4, -0.2) is 60.3 Å². The number of benzene rings is 1. The topological polar surface area (TPSA) is 79.9 Å². The second-order valence-corrected chi connectivity index (χ2v) is 10.5. The van der Waals surface area contributed by atoms with E-state index in [4.69, 9.17) is 4.74 Å². The summed E-state index contributed by atoms with van der Waals surface area (Å²) in [5.41, 5.74) is 1.75. The van der Waals surface area contributed by atoms with E-state index >= 15 is 4.39 Å². The van der Waals surface area contributed by atoms with Gasteiger partial charge in [-0.05, 0) is 63.0 Å². The minimum Gasteiger partial charge on any atom is -0.376 e. The first-order valence-electron chi connectivity index (χ1n) is 13.2. The van der Waals surface area contributed by atoms with Gasteiger partial charge < -0.3 is 25.0 Å². The van der Waals surface area contributed by atoms with Crippen molar-refractivity contribution in [3.8, 4) is 0 Å². The summed E-state index contributed by atoms with van der Waals surface area (Å²) in [5.74, 6) is -1.02. The Labute approximate surface area is 214 Å². The lowest BCUT2D eigenvalue weighted by atomic mass is 9.89. The van der Waals surface area contributed by atoms with Crippen molar-refractivity contribution >= 4 is 11.8 Å². The molecule has 3 heterocycles. The van der Waals surface area contributed by atoms with Crippen LogP contribution in [0.4, 0.5) is 13.2 Å². The molecule has 0 radical (unpaired) electrons. The number of fused-ring (bicyclic) bond motifs is 1. The van der Waals surface area contributed by atoms with E-state index in [1.165, 1.54) is 4.90 Å².